The molecule has 0 saturated heterocycles. The van der Waals surface area contributed by atoms with Crippen LogP contribution >= 0.6 is 11.3 Å². The zero-order valence-corrected chi connectivity index (χ0v) is 13.4. The van der Waals surface area contributed by atoms with Gasteiger partial charge in [-0.15, -0.1) is 11.3 Å². The molecule has 1 aliphatic rings. The van der Waals surface area contributed by atoms with Crippen molar-refractivity contribution >= 4 is 11.3 Å². The molecule has 1 aromatic heterocycles. The lowest BCUT2D eigenvalue weighted by Crippen LogP contribution is -2.11. The summed E-state index contributed by atoms with van der Waals surface area (Å²) in [6, 6.07) is 8.42. The van der Waals surface area contributed by atoms with E-state index in [1.165, 1.54) is 29.7 Å². The van der Waals surface area contributed by atoms with Gasteiger partial charge in [-0.1, -0.05) is 6.07 Å². The van der Waals surface area contributed by atoms with E-state index in [2.05, 4.69) is 17.4 Å². The molecule has 3 rings (SSSR count). The molecule has 0 spiro atoms. The number of methoxy groups -OCH3 is 2. The number of benzene rings is 1. The van der Waals surface area contributed by atoms with E-state index in [1.54, 1.807) is 24.7 Å². The zero-order valence-electron chi connectivity index (χ0n) is 12.6. The number of thiophene rings is 1. The van der Waals surface area contributed by atoms with Gasteiger partial charge in [-0.3, -0.25) is 0 Å². The highest BCUT2D eigenvalue weighted by atomic mass is 32.1. The third kappa shape index (κ3) is 3.22. The van der Waals surface area contributed by atoms with Gasteiger partial charge in [-0.2, -0.15) is 0 Å². The van der Waals surface area contributed by atoms with E-state index in [-0.39, 0.29) is 0 Å². The Labute approximate surface area is 129 Å². The van der Waals surface area contributed by atoms with Crippen molar-refractivity contribution in [3.63, 3.8) is 0 Å². The van der Waals surface area contributed by atoms with Crippen molar-refractivity contribution in [2.75, 3.05) is 14.2 Å². The minimum Gasteiger partial charge on any atom is -0.493 e. The van der Waals surface area contributed by atoms with Crippen molar-refractivity contribution in [1.82, 2.24) is 5.32 Å². The summed E-state index contributed by atoms with van der Waals surface area (Å²) in [5, 5.41) is 3.51. The maximum Gasteiger partial charge on any atom is 0.161 e. The van der Waals surface area contributed by atoms with E-state index in [0.717, 1.165) is 24.6 Å². The summed E-state index contributed by atoms with van der Waals surface area (Å²) in [6.07, 6.45) is 3.87. The Morgan fingerprint density at radius 2 is 1.90 bits per heavy atom. The Morgan fingerprint density at radius 3 is 2.67 bits per heavy atom. The molecule has 0 amide bonds. The second kappa shape index (κ2) is 6.50. The van der Waals surface area contributed by atoms with Gasteiger partial charge in [-0.05, 0) is 48.6 Å². The maximum absolute atomic E-state index is 5.33. The van der Waals surface area contributed by atoms with E-state index in [1.807, 2.05) is 23.5 Å². The van der Waals surface area contributed by atoms with Crippen LogP contribution in [-0.4, -0.2) is 14.2 Å². The number of aryl methyl sites for hydroxylation is 2. The van der Waals surface area contributed by atoms with Crippen molar-refractivity contribution in [2.45, 2.75) is 32.4 Å². The average molecular weight is 303 g/mol. The Morgan fingerprint density at radius 1 is 1.05 bits per heavy atom. The van der Waals surface area contributed by atoms with Gasteiger partial charge >= 0.3 is 0 Å². The maximum atomic E-state index is 5.33. The van der Waals surface area contributed by atoms with Gasteiger partial charge in [0, 0.05) is 22.8 Å². The molecule has 1 heterocycles. The average Bonchev–Trinajstić information content (AvgIpc) is 3.08. The second-order valence-corrected chi connectivity index (χ2v) is 6.53. The van der Waals surface area contributed by atoms with E-state index in [4.69, 9.17) is 9.47 Å². The number of nitrogens with one attached hydrogen (secondary N) is 1. The lowest BCUT2D eigenvalue weighted by Gasteiger charge is -2.10. The van der Waals surface area contributed by atoms with E-state index in [0.29, 0.717) is 0 Å². The molecule has 0 bridgehead atoms. The van der Waals surface area contributed by atoms with Crippen molar-refractivity contribution in [2.24, 2.45) is 0 Å². The molecule has 4 heteroatoms. The summed E-state index contributed by atoms with van der Waals surface area (Å²) >= 11 is 1.96. The van der Waals surface area contributed by atoms with Crippen LogP contribution < -0.4 is 14.8 Å². The predicted octanol–water partition coefficient (Wildman–Crippen LogP) is 3.54. The van der Waals surface area contributed by atoms with Crippen LogP contribution in [0.25, 0.3) is 0 Å². The van der Waals surface area contributed by atoms with Gasteiger partial charge in [0.1, 0.15) is 0 Å². The number of rotatable bonds is 6. The molecule has 1 aromatic carbocycles. The molecule has 0 fully saturated rings. The summed E-state index contributed by atoms with van der Waals surface area (Å²) in [4.78, 5) is 3.04. The number of fused-ring (bicyclic) bond motifs is 1. The third-order valence-electron chi connectivity index (χ3n) is 3.87. The van der Waals surface area contributed by atoms with Gasteiger partial charge < -0.3 is 14.8 Å². The number of hydrogen-bond donors (Lipinski definition) is 1. The molecular formula is C17H21NO2S. The molecule has 0 aliphatic heterocycles. The van der Waals surface area contributed by atoms with Crippen LogP contribution in [0.3, 0.4) is 0 Å². The summed E-state index contributed by atoms with van der Waals surface area (Å²) in [6.45, 7) is 1.77. The molecule has 3 nitrogen and oxygen atoms in total. The first-order valence-corrected chi connectivity index (χ1v) is 8.14. The smallest absolute Gasteiger partial charge is 0.161 e. The molecule has 0 atom stereocenters. The molecule has 0 unspecified atom stereocenters. The summed E-state index contributed by atoms with van der Waals surface area (Å²) in [5.74, 6) is 1.56. The van der Waals surface area contributed by atoms with Gasteiger partial charge in [0.25, 0.3) is 0 Å². The summed E-state index contributed by atoms with van der Waals surface area (Å²) in [5.41, 5.74) is 2.78. The van der Waals surface area contributed by atoms with Crippen LogP contribution in [0, 0.1) is 0 Å². The van der Waals surface area contributed by atoms with Crippen molar-refractivity contribution in [1.29, 1.82) is 0 Å². The highest BCUT2D eigenvalue weighted by Crippen LogP contribution is 2.31. The standard InChI is InChI=1S/C17H21NO2S/c1-19-15-7-6-12(8-16(15)20-2)10-18-11-14-9-13-4-3-5-17(13)21-14/h6-9,18H,3-5,10-11H2,1-2H3. The van der Waals surface area contributed by atoms with Gasteiger partial charge in [-0.25, -0.2) is 0 Å². The van der Waals surface area contributed by atoms with Gasteiger partial charge in [0.05, 0.1) is 14.2 Å². The zero-order chi connectivity index (χ0) is 14.7. The van der Waals surface area contributed by atoms with E-state index >= 15 is 0 Å². The molecule has 21 heavy (non-hydrogen) atoms. The fourth-order valence-corrected chi connectivity index (χ4v) is 4.03. The van der Waals surface area contributed by atoms with E-state index in [9.17, 15) is 0 Å². The molecule has 1 N–H and O–H groups in total. The minimum atomic E-state index is 0.774. The van der Waals surface area contributed by atoms with Crippen molar-refractivity contribution in [3.8, 4) is 11.5 Å². The predicted molar refractivity (Wildman–Crippen MR) is 86.4 cm³/mol. The van der Waals surface area contributed by atoms with Gasteiger partial charge in [0.15, 0.2) is 11.5 Å². The lowest BCUT2D eigenvalue weighted by atomic mass is 10.2. The fraction of sp³-hybridized carbons (Fsp3) is 0.412. The Kier molecular flexibility index (Phi) is 4.46. The number of hydrogen-bond acceptors (Lipinski definition) is 4. The monoisotopic (exact) mass is 303 g/mol. The fourth-order valence-electron chi connectivity index (χ4n) is 2.80. The molecule has 0 saturated carbocycles. The van der Waals surface area contributed by atoms with Crippen LogP contribution in [0.15, 0.2) is 24.3 Å². The first-order valence-electron chi connectivity index (χ1n) is 7.32. The summed E-state index contributed by atoms with van der Waals surface area (Å²) in [7, 11) is 3.33. The highest BCUT2D eigenvalue weighted by molar-refractivity contribution is 7.12. The SMILES string of the molecule is COc1ccc(CNCc2cc3c(s2)CCC3)cc1OC. The number of ether oxygens (including phenoxy) is 2. The molecule has 1 aliphatic carbocycles. The van der Waals surface area contributed by atoms with Crippen LogP contribution in [0.4, 0.5) is 0 Å². The van der Waals surface area contributed by atoms with Crippen LogP contribution in [0.5, 0.6) is 11.5 Å². The van der Waals surface area contributed by atoms with Crippen LogP contribution in [-0.2, 0) is 25.9 Å². The quantitative estimate of drug-likeness (QED) is 0.885. The van der Waals surface area contributed by atoms with Gasteiger partial charge in [0.2, 0.25) is 0 Å². The molecule has 2 aromatic rings. The van der Waals surface area contributed by atoms with Crippen LogP contribution in [0.2, 0.25) is 0 Å². The Hall–Kier alpha value is -1.52. The summed E-state index contributed by atoms with van der Waals surface area (Å²) < 4.78 is 10.6. The first-order chi connectivity index (χ1) is 10.3. The first kappa shape index (κ1) is 14.4. The Bertz CT molecular complexity index is 600. The topological polar surface area (TPSA) is 30.5 Å². The molecular weight excluding hydrogens is 282 g/mol. The van der Waals surface area contributed by atoms with Crippen molar-refractivity contribution in [3.05, 3.63) is 45.1 Å². The van der Waals surface area contributed by atoms with Crippen LogP contribution in [0.1, 0.15) is 27.3 Å². The minimum absolute atomic E-state index is 0.774. The van der Waals surface area contributed by atoms with E-state index < -0.39 is 0 Å². The second-order valence-electron chi connectivity index (χ2n) is 5.31. The molecule has 112 valence electrons. The van der Waals surface area contributed by atoms with Crippen molar-refractivity contribution < 1.29 is 9.47 Å². The highest BCUT2D eigenvalue weighted by Gasteiger charge is 2.14. The third-order valence-corrected chi connectivity index (χ3v) is 5.11. The Balaban J connectivity index is 1.57. The molecule has 0 radical (unpaired) electrons. The normalized spacial score (nSPS) is 13.2. The lowest BCUT2D eigenvalue weighted by molar-refractivity contribution is 0.354. The largest absolute Gasteiger partial charge is 0.493 e.